The van der Waals surface area contributed by atoms with Crippen LogP contribution in [0.1, 0.15) is 52.7 Å². The van der Waals surface area contributed by atoms with Crippen molar-refractivity contribution in [1.29, 1.82) is 0 Å². The van der Waals surface area contributed by atoms with Crippen LogP contribution in [0.5, 0.6) is 5.75 Å². The molecule has 7 nitrogen and oxygen atoms in total. The Kier molecular flexibility index (Phi) is 6.18. The van der Waals surface area contributed by atoms with Gasteiger partial charge in [0.2, 0.25) is 0 Å². The summed E-state index contributed by atoms with van der Waals surface area (Å²) in [6, 6.07) is 6.28. The lowest BCUT2D eigenvalue weighted by molar-refractivity contribution is -0.173. The second-order valence-corrected chi connectivity index (χ2v) is 8.41. The maximum absolute atomic E-state index is 12.7. The monoisotopic (exact) mass is 426 g/mol. The summed E-state index contributed by atoms with van der Waals surface area (Å²) in [6.45, 7) is 8.57. The number of carbonyl (C=O) groups excluding carboxylic acids is 2. The fraction of sp³-hybridized carbons (Fsp3) is 0.375. The van der Waals surface area contributed by atoms with Crippen molar-refractivity contribution in [2.24, 2.45) is 0 Å². The smallest absolute Gasteiger partial charge is 0.336 e. The van der Waals surface area contributed by atoms with Gasteiger partial charge in [0.05, 0.1) is 5.56 Å². The Morgan fingerprint density at radius 3 is 2.52 bits per heavy atom. The number of aliphatic hydroxyl groups excluding tert-OH is 1. The molecule has 7 heteroatoms. The van der Waals surface area contributed by atoms with Gasteiger partial charge >= 0.3 is 11.6 Å². The third-order valence-corrected chi connectivity index (χ3v) is 5.04. The molecule has 2 aromatic rings. The second kappa shape index (κ2) is 8.51. The van der Waals surface area contributed by atoms with Crippen LogP contribution >= 0.6 is 0 Å². The molecule has 0 saturated carbocycles. The van der Waals surface area contributed by atoms with Crippen molar-refractivity contribution in [3.63, 3.8) is 0 Å². The van der Waals surface area contributed by atoms with Gasteiger partial charge in [0, 0.05) is 23.4 Å². The van der Waals surface area contributed by atoms with Gasteiger partial charge in [-0.1, -0.05) is 11.6 Å². The van der Waals surface area contributed by atoms with E-state index < -0.39 is 29.4 Å². The lowest BCUT2D eigenvalue weighted by atomic mass is 9.87. The Morgan fingerprint density at radius 2 is 1.84 bits per heavy atom. The first kappa shape index (κ1) is 22.5. The second-order valence-electron chi connectivity index (χ2n) is 8.41. The Bertz CT molecular complexity index is 1150. The van der Waals surface area contributed by atoms with Crippen LogP contribution in [-0.4, -0.2) is 28.6 Å². The predicted octanol–water partition coefficient (Wildman–Crippen LogP) is 3.78. The summed E-state index contributed by atoms with van der Waals surface area (Å²) < 4.78 is 16.9. The molecule has 0 bridgehead atoms. The first-order valence-electron chi connectivity index (χ1n) is 9.99. The van der Waals surface area contributed by atoms with E-state index >= 15 is 0 Å². The van der Waals surface area contributed by atoms with Gasteiger partial charge in [0.25, 0.3) is 0 Å². The summed E-state index contributed by atoms with van der Waals surface area (Å²) in [4.78, 5) is 36.2. The molecule has 2 heterocycles. The van der Waals surface area contributed by atoms with Crippen LogP contribution < -0.4 is 10.4 Å². The van der Waals surface area contributed by atoms with Gasteiger partial charge in [-0.2, -0.15) is 0 Å². The highest BCUT2D eigenvalue weighted by atomic mass is 16.6. The fourth-order valence-electron chi connectivity index (χ4n) is 3.51. The lowest BCUT2D eigenvalue weighted by Crippen LogP contribution is -2.51. The number of benzene rings is 1. The number of rotatable bonds is 5. The van der Waals surface area contributed by atoms with Crippen LogP contribution in [0.25, 0.3) is 11.0 Å². The topological polar surface area (TPSA) is 103 Å². The fourth-order valence-corrected chi connectivity index (χ4v) is 3.51. The average molecular weight is 426 g/mol. The summed E-state index contributed by atoms with van der Waals surface area (Å²) in [5, 5.41) is 11.7. The van der Waals surface area contributed by atoms with Gasteiger partial charge in [0.15, 0.2) is 11.9 Å². The van der Waals surface area contributed by atoms with E-state index in [4.69, 9.17) is 13.9 Å². The average Bonchev–Trinajstić information content (AvgIpc) is 2.67. The Hall–Kier alpha value is -3.19. The summed E-state index contributed by atoms with van der Waals surface area (Å²) in [7, 11) is 0. The first-order valence-corrected chi connectivity index (χ1v) is 9.99. The molecular weight excluding hydrogens is 400 g/mol. The van der Waals surface area contributed by atoms with Gasteiger partial charge in [-0.15, -0.1) is 0 Å². The molecule has 0 fully saturated rings. The Labute approximate surface area is 180 Å². The highest BCUT2D eigenvalue weighted by Crippen LogP contribution is 2.44. The Morgan fingerprint density at radius 1 is 1.16 bits per heavy atom. The molecule has 3 rings (SSSR count). The maximum Gasteiger partial charge on any atom is 0.336 e. The van der Waals surface area contributed by atoms with Crippen LogP contribution in [0.4, 0.5) is 0 Å². The number of carbonyl (C=O) groups is 2. The van der Waals surface area contributed by atoms with Crippen molar-refractivity contribution in [2.45, 2.75) is 58.8 Å². The first-order chi connectivity index (χ1) is 14.5. The summed E-state index contributed by atoms with van der Waals surface area (Å²) in [5.74, 6) is -0.439. The zero-order chi connectivity index (χ0) is 22.9. The third-order valence-electron chi connectivity index (χ3n) is 5.04. The van der Waals surface area contributed by atoms with Crippen molar-refractivity contribution in [1.82, 2.24) is 0 Å². The number of allylic oxidation sites excluding steroid dienone is 3. The Balaban J connectivity index is 1.89. The van der Waals surface area contributed by atoms with Gasteiger partial charge < -0.3 is 19.0 Å². The molecule has 1 aromatic heterocycles. The third kappa shape index (κ3) is 4.77. The van der Waals surface area contributed by atoms with Crippen molar-refractivity contribution < 1.29 is 28.6 Å². The van der Waals surface area contributed by atoms with E-state index in [0.717, 1.165) is 5.57 Å². The minimum atomic E-state index is -1.28. The molecule has 31 heavy (non-hydrogen) atoms. The van der Waals surface area contributed by atoms with Crippen LogP contribution in [0.2, 0.25) is 0 Å². The van der Waals surface area contributed by atoms with Crippen LogP contribution in [0.3, 0.4) is 0 Å². The van der Waals surface area contributed by atoms with Gasteiger partial charge in [-0.05, 0) is 58.9 Å². The van der Waals surface area contributed by atoms with Crippen molar-refractivity contribution in [2.75, 3.05) is 0 Å². The summed E-state index contributed by atoms with van der Waals surface area (Å²) >= 11 is 0. The number of hydrogen-bond donors (Lipinski definition) is 1. The van der Waals surface area contributed by atoms with Crippen molar-refractivity contribution in [3.05, 3.63) is 63.5 Å². The molecule has 1 aliphatic heterocycles. The largest absolute Gasteiger partial charge is 0.483 e. The van der Waals surface area contributed by atoms with Crippen LogP contribution in [0, 0.1) is 0 Å². The normalized spacial score (nSPS) is 19.9. The number of fused-ring (bicyclic) bond motifs is 3. The standard InChI is InChI=1S/C24H26O7/c1-13(2)12-16(25)9-6-14(3)23(28)30-22-20(27)19-17(31-24(22,4)5)10-7-15-8-11-18(26)29-21(15)19/h6-8,10-12,20,22,27H,9H2,1-5H3. The van der Waals surface area contributed by atoms with E-state index in [-0.39, 0.29) is 28.9 Å². The number of ketones is 1. The molecule has 0 aliphatic carbocycles. The number of ether oxygens (including phenoxy) is 2. The van der Waals surface area contributed by atoms with E-state index in [1.165, 1.54) is 18.2 Å². The highest BCUT2D eigenvalue weighted by Gasteiger charge is 2.47. The molecule has 164 valence electrons. The van der Waals surface area contributed by atoms with Gasteiger partial charge in [0.1, 0.15) is 23.0 Å². The molecule has 0 saturated heterocycles. The zero-order valence-electron chi connectivity index (χ0n) is 18.2. The van der Waals surface area contributed by atoms with E-state index in [1.807, 2.05) is 13.8 Å². The van der Waals surface area contributed by atoms with Crippen LogP contribution in [-0.2, 0) is 14.3 Å². The zero-order valence-corrected chi connectivity index (χ0v) is 18.2. The van der Waals surface area contributed by atoms with Crippen LogP contribution in [0.15, 0.2) is 56.8 Å². The van der Waals surface area contributed by atoms with Gasteiger partial charge in [-0.25, -0.2) is 9.59 Å². The van der Waals surface area contributed by atoms with E-state index in [9.17, 15) is 19.5 Å². The number of hydrogen-bond acceptors (Lipinski definition) is 7. The molecule has 2 atom stereocenters. The SMILES string of the molecule is CC(C)=CC(=O)CC=C(C)C(=O)OC1C(O)c2c(ccc3ccc(=O)oc23)OC1(C)C. The molecular formula is C24H26O7. The van der Waals surface area contributed by atoms with Crippen molar-refractivity contribution in [3.8, 4) is 5.75 Å². The molecule has 2 unspecified atom stereocenters. The highest BCUT2D eigenvalue weighted by molar-refractivity contribution is 5.93. The van der Waals surface area contributed by atoms with E-state index in [1.54, 1.807) is 39.0 Å². The maximum atomic E-state index is 12.7. The quantitative estimate of drug-likeness (QED) is 0.441. The molecule has 0 spiro atoms. The number of aliphatic hydroxyl groups is 1. The van der Waals surface area contributed by atoms with Gasteiger partial charge in [-0.3, -0.25) is 4.79 Å². The minimum absolute atomic E-state index is 0.0673. The molecule has 1 aliphatic rings. The molecule has 0 radical (unpaired) electrons. The minimum Gasteiger partial charge on any atom is -0.483 e. The predicted molar refractivity (Wildman–Crippen MR) is 115 cm³/mol. The molecule has 0 amide bonds. The lowest BCUT2D eigenvalue weighted by Gasteiger charge is -2.42. The molecule has 1 N–H and O–H groups in total. The van der Waals surface area contributed by atoms with E-state index in [0.29, 0.717) is 11.1 Å². The van der Waals surface area contributed by atoms with E-state index in [2.05, 4.69) is 0 Å². The van der Waals surface area contributed by atoms with Crippen molar-refractivity contribution >= 4 is 22.7 Å². The molecule has 1 aromatic carbocycles. The summed E-state index contributed by atoms with van der Waals surface area (Å²) in [6.07, 6.45) is 0.720. The summed E-state index contributed by atoms with van der Waals surface area (Å²) in [5.41, 5.74) is -0.0510. The number of esters is 1.